The van der Waals surface area contributed by atoms with Gasteiger partial charge in [-0.15, -0.1) is 0 Å². The van der Waals surface area contributed by atoms with Crippen LogP contribution in [0.25, 0.3) is 0 Å². The van der Waals surface area contributed by atoms with E-state index in [-0.39, 0.29) is 17.3 Å². The van der Waals surface area contributed by atoms with Crippen molar-refractivity contribution in [2.24, 2.45) is 0 Å². The number of sulfonamides is 1. The lowest BCUT2D eigenvalue weighted by molar-refractivity contribution is -0.119. The van der Waals surface area contributed by atoms with Gasteiger partial charge in [-0.2, -0.15) is 11.8 Å². The topological polar surface area (TPSA) is 66.5 Å². The molecule has 0 aliphatic heterocycles. The van der Waals surface area contributed by atoms with Crippen LogP contribution in [0.2, 0.25) is 5.02 Å². The van der Waals surface area contributed by atoms with Crippen LogP contribution in [0.3, 0.4) is 0 Å². The van der Waals surface area contributed by atoms with Gasteiger partial charge >= 0.3 is 0 Å². The molecule has 0 saturated heterocycles. The lowest BCUT2D eigenvalue weighted by atomic mass is 10.2. The van der Waals surface area contributed by atoms with E-state index in [1.165, 1.54) is 17.2 Å². The van der Waals surface area contributed by atoms with E-state index in [1.54, 1.807) is 54.2 Å². The van der Waals surface area contributed by atoms with E-state index in [1.807, 2.05) is 6.92 Å². The minimum atomic E-state index is -3.95. The number of hydrogen-bond acceptors (Lipinski definition) is 4. The molecule has 3 aromatic carbocycles. The normalized spacial score (nSPS) is 11.2. The van der Waals surface area contributed by atoms with E-state index in [4.69, 9.17) is 11.6 Å². The lowest BCUT2D eigenvalue weighted by Crippen LogP contribution is -2.41. The maximum atomic E-state index is 13.3. The van der Waals surface area contributed by atoms with E-state index >= 15 is 0 Å². The largest absolute Gasteiger partial charge is 0.354 e. The van der Waals surface area contributed by atoms with Crippen LogP contribution >= 0.6 is 23.4 Å². The van der Waals surface area contributed by atoms with Crippen LogP contribution in [0, 0.1) is 13.8 Å². The predicted molar refractivity (Wildman–Crippen MR) is 138 cm³/mol. The zero-order valence-electron chi connectivity index (χ0n) is 18.6. The molecule has 33 heavy (non-hydrogen) atoms. The number of hydrogen-bond donors (Lipinski definition) is 1. The summed E-state index contributed by atoms with van der Waals surface area (Å²) in [6.07, 6.45) is 0. The summed E-state index contributed by atoms with van der Waals surface area (Å²) in [6, 6.07) is 21.4. The Bertz CT molecular complexity index is 1180. The van der Waals surface area contributed by atoms with Crippen molar-refractivity contribution in [3.8, 4) is 0 Å². The summed E-state index contributed by atoms with van der Waals surface area (Å²) >= 11 is 7.81. The number of amides is 1. The zero-order chi connectivity index (χ0) is 23.8. The minimum Gasteiger partial charge on any atom is -0.354 e. The fourth-order valence-electron chi connectivity index (χ4n) is 3.11. The highest BCUT2D eigenvalue weighted by atomic mass is 35.5. The van der Waals surface area contributed by atoms with Gasteiger partial charge in [0, 0.05) is 23.1 Å². The van der Waals surface area contributed by atoms with Crippen molar-refractivity contribution in [2.75, 3.05) is 23.1 Å². The second kappa shape index (κ2) is 11.6. The van der Waals surface area contributed by atoms with Crippen LogP contribution in [0.15, 0.2) is 77.7 Å². The van der Waals surface area contributed by atoms with Crippen molar-refractivity contribution >= 4 is 45.0 Å². The number of halogens is 1. The molecule has 5 nitrogen and oxygen atoms in total. The predicted octanol–water partition coefficient (Wildman–Crippen LogP) is 5.20. The summed E-state index contributed by atoms with van der Waals surface area (Å²) in [4.78, 5) is 12.8. The number of thioether (sulfide) groups is 1. The lowest BCUT2D eigenvalue weighted by Gasteiger charge is -2.24. The number of carbonyl (C=O) groups excluding carboxylic acids is 1. The van der Waals surface area contributed by atoms with Gasteiger partial charge in [0.25, 0.3) is 10.0 Å². The number of benzene rings is 3. The first-order valence-electron chi connectivity index (χ1n) is 10.5. The summed E-state index contributed by atoms with van der Waals surface area (Å²) < 4.78 is 27.8. The van der Waals surface area contributed by atoms with E-state index in [0.29, 0.717) is 17.3 Å². The molecule has 0 radical (unpaired) electrons. The van der Waals surface area contributed by atoms with Crippen molar-refractivity contribution in [3.63, 3.8) is 0 Å². The Morgan fingerprint density at radius 3 is 2.24 bits per heavy atom. The van der Waals surface area contributed by atoms with Crippen molar-refractivity contribution in [1.82, 2.24) is 5.32 Å². The SMILES string of the molecule is Cc1ccc(CSCCNC(=O)CN(c2cccc(Cl)c2)S(=O)(=O)c2ccc(C)cc2)cc1. The van der Waals surface area contributed by atoms with Crippen LogP contribution in [-0.2, 0) is 20.6 Å². The molecule has 1 amide bonds. The second-order valence-corrected chi connectivity index (χ2v) is 11.1. The van der Waals surface area contributed by atoms with Gasteiger partial charge in [-0.1, -0.05) is 65.2 Å². The van der Waals surface area contributed by atoms with Crippen molar-refractivity contribution < 1.29 is 13.2 Å². The first-order chi connectivity index (χ1) is 15.8. The molecule has 0 aliphatic carbocycles. The highest BCUT2D eigenvalue weighted by molar-refractivity contribution is 7.98. The molecular weight excluding hydrogens is 476 g/mol. The first kappa shape index (κ1) is 25.1. The van der Waals surface area contributed by atoms with E-state index in [2.05, 4.69) is 36.5 Å². The summed E-state index contributed by atoms with van der Waals surface area (Å²) in [5.74, 6) is 1.20. The van der Waals surface area contributed by atoms with Crippen molar-refractivity contribution in [1.29, 1.82) is 0 Å². The van der Waals surface area contributed by atoms with Gasteiger partial charge in [0.1, 0.15) is 6.54 Å². The average Bonchev–Trinajstić information content (AvgIpc) is 2.78. The van der Waals surface area contributed by atoms with E-state index < -0.39 is 10.0 Å². The average molecular weight is 503 g/mol. The number of rotatable bonds is 10. The quantitative estimate of drug-likeness (QED) is 0.387. The minimum absolute atomic E-state index is 0.120. The Balaban J connectivity index is 1.64. The molecule has 0 saturated carbocycles. The molecule has 1 N–H and O–H groups in total. The third-order valence-electron chi connectivity index (χ3n) is 4.95. The number of anilines is 1. The molecule has 0 unspecified atom stereocenters. The van der Waals surface area contributed by atoms with Gasteiger partial charge in [-0.05, 0) is 49.7 Å². The Morgan fingerprint density at radius 2 is 1.61 bits per heavy atom. The van der Waals surface area contributed by atoms with Crippen LogP contribution in [0.5, 0.6) is 0 Å². The summed E-state index contributed by atoms with van der Waals surface area (Å²) in [7, 11) is -3.95. The Hall–Kier alpha value is -2.48. The zero-order valence-corrected chi connectivity index (χ0v) is 21.0. The smallest absolute Gasteiger partial charge is 0.264 e. The van der Waals surface area contributed by atoms with Crippen molar-refractivity contribution in [2.45, 2.75) is 24.5 Å². The van der Waals surface area contributed by atoms with Crippen LogP contribution in [0.4, 0.5) is 5.69 Å². The number of nitrogens with zero attached hydrogens (tertiary/aromatic N) is 1. The van der Waals surface area contributed by atoms with Gasteiger partial charge < -0.3 is 5.32 Å². The Morgan fingerprint density at radius 1 is 0.970 bits per heavy atom. The van der Waals surface area contributed by atoms with E-state index in [9.17, 15) is 13.2 Å². The number of aryl methyl sites for hydroxylation is 2. The molecule has 174 valence electrons. The maximum absolute atomic E-state index is 13.3. The Kier molecular flexibility index (Phi) is 8.83. The molecule has 0 aliphatic rings. The second-order valence-electron chi connectivity index (χ2n) is 7.69. The third kappa shape index (κ3) is 7.25. The molecule has 0 fully saturated rings. The van der Waals surface area contributed by atoms with Crippen LogP contribution < -0.4 is 9.62 Å². The molecule has 0 aromatic heterocycles. The molecule has 8 heteroatoms. The molecular formula is C25H27ClN2O3S2. The van der Waals surface area contributed by atoms with Gasteiger partial charge in [-0.3, -0.25) is 9.10 Å². The molecule has 0 bridgehead atoms. The summed E-state index contributed by atoms with van der Waals surface area (Å²) in [5, 5.41) is 3.22. The standard InChI is InChI=1S/C25H27ClN2O3S2/c1-19-6-10-21(11-7-19)18-32-15-14-27-25(29)17-28(23-5-3-4-22(26)16-23)33(30,31)24-12-8-20(2)9-13-24/h3-13,16H,14-15,17-18H2,1-2H3,(H,27,29). The fourth-order valence-corrected chi connectivity index (χ4v) is 5.52. The molecule has 0 heterocycles. The molecule has 0 atom stereocenters. The number of nitrogens with one attached hydrogen (secondary N) is 1. The van der Waals surface area contributed by atoms with Gasteiger partial charge in [0.05, 0.1) is 10.6 Å². The van der Waals surface area contributed by atoms with Gasteiger partial charge in [-0.25, -0.2) is 8.42 Å². The van der Waals surface area contributed by atoms with Gasteiger partial charge in [0.2, 0.25) is 5.91 Å². The fraction of sp³-hybridized carbons (Fsp3) is 0.240. The maximum Gasteiger partial charge on any atom is 0.264 e. The highest BCUT2D eigenvalue weighted by Crippen LogP contribution is 2.26. The van der Waals surface area contributed by atoms with Gasteiger partial charge in [0.15, 0.2) is 0 Å². The third-order valence-corrected chi connectivity index (χ3v) is 8.00. The molecule has 3 rings (SSSR count). The summed E-state index contributed by atoms with van der Waals surface area (Å²) in [6.45, 7) is 4.05. The monoisotopic (exact) mass is 502 g/mol. The highest BCUT2D eigenvalue weighted by Gasteiger charge is 2.27. The van der Waals surface area contributed by atoms with Crippen LogP contribution in [0.1, 0.15) is 16.7 Å². The van der Waals surface area contributed by atoms with Crippen molar-refractivity contribution in [3.05, 3.63) is 94.5 Å². The molecule has 3 aromatic rings. The van der Waals surface area contributed by atoms with E-state index in [0.717, 1.165) is 21.4 Å². The molecule has 0 spiro atoms. The first-order valence-corrected chi connectivity index (χ1v) is 13.5. The number of carbonyl (C=O) groups is 1. The summed E-state index contributed by atoms with van der Waals surface area (Å²) in [5.41, 5.74) is 3.74. The Labute approximate surface area is 205 Å². The van der Waals surface area contributed by atoms with Crippen LogP contribution in [-0.4, -0.2) is 33.2 Å².